The maximum Gasteiger partial charge on any atom is 0.136 e. The summed E-state index contributed by atoms with van der Waals surface area (Å²) in [5.41, 5.74) is 0. The summed E-state index contributed by atoms with van der Waals surface area (Å²) in [6, 6.07) is 2.58. The van der Waals surface area contributed by atoms with Crippen molar-refractivity contribution in [3.05, 3.63) is 11.9 Å². The Hall–Kier alpha value is -1.36. The number of aliphatic hydroxyl groups excluding tert-OH is 1. The van der Waals surface area contributed by atoms with E-state index in [9.17, 15) is 5.11 Å². The smallest absolute Gasteiger partial charge is 0.136 e. The average Bonchev–Trinajstić information content (AvgIpc) is 3.29. The molecule has 0 amide bonds. The van der Waals surface area contributed by atoms with Crippen molar-refractivity contribution in [1.29, 1.82) is 0 Å². The van der Waals surface area contributed by atoms with Gasteiger partial charge in [-0.1, -0.05) is 0 Å². The number of nitrogens with one attached hydrogen (secondary N) is 1. The summed E-state index contributed by atoms with van der Waals surface area (Å²) in [6.07, 6.45) is 4.83. The van der Waals surface area contributed by atoms with Crippen LogP contribution in [0, 0.1) is 0 Å². The Balaban J connectivity index is 1.88. The van der Waals surface area contributed by atoms with Gasteiger partial charge in [0, 0.05) is 31.1 Å². The van der Waals surface area contributed by atoms with E-state index >= 15 is 0 Å². The minimum absolute atomic E-state index is 0.176. The molecule has 19 heavy (non-hydrogen) atoms. The number of hydrogen-bond donors (Lipinski definition) is 2. The molecule has 0 bridgehead atoms. The van der Waals surface area contributed by atoms with Crippen molar-refractivity contribution in [3.8, 4) is 0 Å². The Bertz CT molecular complexity index is 443. The lowest BCUT2D eigenvalue weighted by atomic mass is 10.3. The fraction of sp³-hybridized carbons (Fsp3) is 0.714. The van der Waals surface area contributed by atoms with Crippen molar-refractivity contribution >= 4 is 11.6 Å². The van der Waals surface area contributed by atoms with Gasteiger partial charge >= 0.3 is 0 Å². The SMILES string of the molecule is CCNc1cc(N(CCO)C2CC2)nc(C2CC2)n1. The number of anilines is 2. The van der Waals surface area contributed by atoms with Crippen molar-refractivity contribution in [2.45, 2.75) is 44.6 Å². The third-order valence-electron chi connectivity index (χ3n) is 3.65. The highest BCUT2D eigenvalue weighted by atomic mass is 16.3. The molecule has 0 spiro atoms. The summed E-state index contributed by atoms with van der Waals surface area (Å²) in [4.78, 5) is 11.5. The zero-order valence-corrected chi connectivity index (χ0v) is 11.5. The van der Waals surface area contributed by atoms with Gasteiger partial charge in [-0.05, 0) is 32.6 Å². The van der Waals surface area contributed by atoms with E-state index in [4.69, 9.17) is 4.98 Å². The van der Waals surface area contributed by atoms with Gasteiger partial charge in [0.2, 0.25) is 0 Å². The third kappa shape index (κ3) is 2.97. The summed E-state index contributed by atoms with van der Waals surface area (Å²) in [5, 5.41) is 12.5. The number of rotatable bonds is 7. The molecule has 0 saturated heterocycles. The van der Waals surface area contributed by atoms with Crippen LogP contribution in [-0.2, 0) is 0 Å². The first-order valence-corrected chi connectivity index (χ1v) is 7.32. The van der Waals surface area contributed by atoms with Crippen molar-refractivity contribution in [3.63, 3.8) is 0 Å². The first-order valence-electron chi connectivity index (χ1n) is 7.32. The van der Waals surface area contributed by atoms with Crippen molar-refractivity contribution in [1.82, 2.24) is 9.97 Å². The standard InChI is InChI=1S/C14H22N4O/c1-2-15-12-9-13(17-14(16-12)10-3-4-10)18(7-8-19)11-5-6-11/h9-11,19H,2-8H2,1H3,(H,15,16,17). The van der Waals surface area contributed by atoms with Crippen LogP contribution in [0.4, 0.5) is 11.6 Å². The van der Waals surface area contributed by atoms with Gasteiger partial charge in [0.25, 0.3) is 0 Å². The summed E-state index contributed by atoms with van der Waals surface area (Å²) >= 11 is 0. The molecule has 0 radical (unpaired) electrons. The van der Waals surface area contributed by atoms with Crippen LogP contribution in [0.15, 0.2) is 6.07 Å². The quantitative estimate of drug-likeness (QED) is 0.784. The van der Waals surface area contributed by atoms with Crippen LogP contribution in [-0.4, -0.2) is 40.8 Å². The molecular formula is C14H22N4O. The molecule has 0 atom stereocenters. The van der Waals surface area contributed by atoms with Gasteiger partial charge in [0.05, 0.1) is 6.61 Å². The highest BCUT2D eigenvalue weighted by molar-refractivity contribution is 5.51. The van der Waals surface area contributed by atoms with E-state index in [1.165, 1.54) is 25.7 Å². The van der Waals surface area contributed by atoms with E-state index in [2.05, 4.69) is 22.1 Å². The lowest BCUT2D eigenvalue weighted by Gasteiger charge is -2.23. The van der Waals surface area contributed by atoms with Gasteiger partial charge in [0.15, 0.2) is 0 Å². The van der Waals surface area contributed by atoms with E-state index in [0.717, 1.165) is 24.0 Å². The Morgan fingerprint density at radius 2 is 2.11 bits per heavy atom. The number of aliphatic hydroxyl groups is 1. The zero-order chi connectivity index (χ0) is 13.2. The molecule has 0 unspecified atom stereocenters. The molecule has 2 saturated carbocycles. The van der Waals surface area contributed by atoms with Crippen LogP contribution < -0.4 is 10.2 Å². The molecule has 1 aromatic heterocycles. The van der Waals surface area contributed by atoms with Crippen molar-refractivity contribution in [2.75, 3.05) is 29.9 Å². The Labute approximate surface area is 114 Å². The van der Waals surface area contributed by atoms with E-state index in [-0.39, 0.29) is 6.61 Å². The summed E-state index contributed by atoms with van der Waals surface area (Å²) in [5.74, 6) is 3.41. The van der Waals surface area contributed by atoms with Crippen molar-refractivity contribution in [2.24, 2.45) is 0 Å². The topological polar surface area (TPSA) is 61.3 Å². The van der Waals surface area contributed by atoms with Gasteiger partial charge in [-0.25, -0.2) is 9.97 Å². The van der Waals surface area contributed by atoms with Gasteiger partial charge in [-0.2, -0.15) is 0 Å². The van der Waals surface area contributed by atoms with Gasteiger partial charge in [-0.15, -0.1) is 0 Å². The van der Waals surface area contributed by atoms with Gasteiger partial charge in [0.1, 0.15) is 17.5 Å². The van der Waals surface area contributed by atoms with Crippen LogP contribution >= 0.6 is 0 Å². The monoisotopic (exact) mass is 262 g/mol. The largest absolute Gasteiger partial charge is 0.395 e. The lowest BCUT2D eigenvalue weighted by Crippen LogP contribution is -2.30. The first kappa shape index (κ1) is 12.7. The first-order chi connectivity index (χ1) is 9.31. The predicted molar refractivity (Wildman–Crippen MR) is 75.6 cm³/mol. The molecule has 104 valence electrons. The second-order valence-electron chi connectivity index (χ2n) is 5.42. The molecule has 2 aliphatic carbocycles. The molecule has 3 rings (SSSR count). The highest BCUT2D eigenvalue weighted by Gasteiger charge is 2.32. The number of hydrogen-bond acceptors (Lipinski definition) is 5. The fourth-order valence-electron chi connectivity index (χ4n) is 2.37. The third-order valence-corrected chi connectivity index (χ3v) is 3.65. The van der Waals surface area contributed by atoms with Crippen LogP contribution in [0.1, 0.15) is 44.3 Å². The minimum atomic E-state index is 0.176. The zero-order valence-electron chi connectivity index (χ0n) is 11.5. The average molecular weight is 262 g/mol. The minimum Gasteiger partial charge on any atom is -0.395 e. The Morgan fingerprint density at radius 1 is 1.32 bits per heavy atom. The van der Waals surface area contributed by atoms with Crippen LogP contribution in [0.3, 0.4) is 0 Å². The molecule has 2 N–H and O–H groups in total. The molecule has 1 heterocycles. The predicted octanol–water partition coefficient (Wildman–Crippen LogP) is 1.75. The van der Waals surface area contributed by atoms with Crippen LogP contribution in [0.5, 0.6) is 0 Å². The van der Waals surface area contributed by atoms with E-state index in [0.29, 0.717) is 18.5 Å². The Kier molecular flexibility index (Phi) is 3.55. The maximum atomic E-state index is 9.24. The summed E-state index contributed by atoms with van der Waals surface area (Å²) in [7, 11) is 0. The number of nitrogens with zero attached hydrogens (tertiary/aromatic N) is 3. The summed E-state index contributed by atoms with van der Waals surface area (Å²) in [6.45, 7) is 3.78. The molecule has 5 heteroatoms. The van der Waals surface area contributed by atoms with Gasteiger partial charge < -0.3 is 15.3 Å². The molecule has 0 aromatic carbocycles. The van der Waals surface area contributed by atoms with Crippen LogP contribution in [0.2, 0.25) is 0 Å². The molecule has 5 nitrogen and oxygen atoms in total. The van der Waals surface area contributed by atoms with E-state index < -0.39 is 0 Å². The number of aromatic nitrogens is 2. The second kappa shape index (κ2) is 5.33. The molecule has 0 aliphatic heterocycles. The summed E-state index contributed by atoms with van der Waals surface area (Å²) < 4.78 is 0. The van der Waals surface area contributed by atoms with Gasteiger partial charge in [-0.3, -0.25) is 0 Å². The molecule has 2 aliphatic rings. The van der Waals surface area contributed by atoms with Crippen LogP contribution in [0.25, 0.3) is 0 Å². The molecule has 1 aromatic rings. The highest BCUT2D eigenvalue weighted by Crippen LogP contribution is 2.40. The van der Waals surface area contributed by atoms with E-state index in [1.54, 1.807) is 0 Å². The van der Waals surface area contributed by atoms with Crippen molar-refractivity contribution < 1.29 is 5.11 Å². The second-order valence-corrected chi connectivity index (χ2v) is 5.42. The fourth-order valence-corrected chi connectivity index (χ4v) is 2.37. The maximum absolute atomic E-state index is 9.24. The van der Waals surface area contributed by atoms with E-state index in [1.807, 2.05) is 6.07 Å². The lowest BCUT2D eigenvalue weighted by molar-refractivity contribution is 0.301. The molecule has 2 fully saturated rings. The normalized spacial score (nSPS) is 18.4. The molecular weight excluding hydrogens is 240 g/mol. The Morgan fingerprint density at radius 3 is 2.68 bits per heavy atom.